The van der Waals surface area contributed by atoms with Crippen LogP contribution in [-0.2, 0) is 21.7 Å². The van der Waals surface area contributed by atoms with Crippen LogP contribution in [0.2, 0.25) is 0 Å². The van der Waals surface area contributed by atoms with Gasteiger partial charge in [0.15, 0.2) is 0 Å². The molecule has 4 heteroatoms. The molecule has 13 rings (SSSR count). The smallest absolute Gasteiger partial charge is 0.333 e. The van der Waals surface area contributed by atoms with Crippen molar-refractivity contribution >= 4 is 77.7 Å². The maximum absolute atomic E-state index is 2.78. The van der Waals surface area contributed by atoms with Crippen molar-refractivity contribution in [1.82, 2.24) is 0 Å². The van der Waals surface area contributed by atoms with E-state index in [4.69, 9.17) is 0 Å². The molecule has 0 saturated heterocycles. The zero-order valence-corrected chi connectivity index (χ0v) is 42.5. The molecule has 1 aromatic heterocycles. The first-order chi connectivity index (χ1) is 33.1. The molecule has 0 saturated carbocycles. The van der Waals surface area contributed by atoms with E-state index in [0.29, 0.717) is 0 Å². The molecule has 2 nitrogen and oxygen atoms in total. The van der Waals surface area contributed by atoms with Crippen LogP contribution in [0.25, 0.3) is 53.6 Å². The SMILES string of the molecule is Cc1cc(-c2ccccc2)ccc1N1c2cc3c(cc2B2c4c1cc1c(sc5ccccc51)c4-c1cc4c(cc1N2c1ccc(-c2ccccc2)cc1)C(C)(C)CCC4(C)C)C(C)(C)CCC3(C)C. The number of fused-ring (bicyclic) bond motifs is 10. The van der Waals surface area contributed by atoms with Gasteiger partial charge in [0.05, 0.1) is 0 Å². The van der Waals surface area contributed by atoms with Crippen LogP contribution in [0.15, 0.2) is 158 Å². The summed E-state index contributed by atoms with van der Waals surface area (Å²) in [5.41, 5.74) is 24.3. The average molecular weight is 913 g/mol. The highest BCUT2D eigenvalue weighted by atomic mass is 32.1. The summed E-state index contributed by atoms with van der Waals surface area (Å²) in [6.45, 7) is 22.1. The second-order valence-corrected chi connectivity index (χ2v) is 24.5. The molecule has 0 bridgehead atoms. The molecule has 69 heavy (non-hydrogen) atoms. The maximum atomic E-state index is 2.78. The minimum Gasteiger partial charge on any atom is -0.376 e. The zero-order chi connectivity index (χ0) is 47.4. The van der Waals surface area contributed by atoms with Gasteiger partial charge in [-0.1, -0.05) is 159 Å². The molecule has 0 N–H and O–H groups in total. The van der Waals surface area contributed by atoms with Crippen LogP contribution in [0.1, 0.15) is 109 Å². The number of rotatable bonds is 4. The molecular weight excluding hydrogens is 852 g/mol. The Morgan fingerprint density at radius 2 is 0.971 bits per heavy atom. The standard InChI is InChI=1S/C65H61BN2S/c1-40-34-44(42-20-14-11-15-21-42)26-29-54(40)67-56-39-52-50(63(4,5)31-33-65(52,8)9)37-53(56)66-60-57(67)36-47-46-22-16-17-23-58(46)69-61(47)59(60)48-35-49-51(64(6,7)32-30-62(49,2)3)38-55(48)68(66)45-27-24-43(25-28-45)41-18-12-10-13-19-41/h10-29,34-39H,30-33H2,1-9H3. The lowest BCUT2D eigenvalue weighted by Gasteiger charge is -2.50. The van der Waals surface area contributed by atoms with Crippen LogP contribution in [0.5, 0.6) is 0 Å². The van der Waals surface area contributed by atoms with Crippen molar-refractivity contribution in [1.29, 1.82) is 0 Å². The average Bonchev–Trinajstić information content (AvgIpc) is 3.73. The summed E-state index contributed by atoms with van der Waals surface area (Å²) < 4.78 is 2.74. The van der Waals surface area contributed by atoms with Gasteiger partial charge >= 0.3 is 6.85 Å². The molecule has 0 amide bonds. The third-order valence-electron chi connectivity index (χ3n) is 17.3. The molecule has 0 atom stereocenters. The Hall–Kier alpha value is -6.36. The number of nitrogens with zero attached hydrogens (tertiary/aromatic N) is 2. The second kappa shape index (κ2) is 14.8. The van der Waals surface area contributed by atoms with Crippen LogP contribution >= 0.6 is 11.3 Å². The van der Waals surface area contributed by atoms with E-state index in [9.17, 15) is 0 Å². The highest BCUT2D eigenvalue weighted by molar-refractivity contribution is 7.26. The highest BCUT2D eigenvalue weighted by Crippen LogP contribution is 2.57. The predicted octanol–water partition coefficient (Wildman–Crippen LogP) is 17.1. The van der Waals surface area contributed by atoms with Crippen molar-refractivity contribution < 1.29 is 0 Å². The number of hydrogen-bond acceptors (Lipinski definition) is 3. The summed E-state index contributed by atoms with van der Waals surface area (Å²) in [7, 11) is 0. The van der Waals surface area contributed by atoms with Crippen molar-refractivity contribution in [2.75, 3.05) is 9.71 Å². The maximum Gasteiger partial charge on any atom is 0.333 e. The molecule has 0 unspecified atom stereocenters. The summed E-state index contributed by atoms with van der Waals surface area (Å²) in [6.07, 6.45) is 4.65. The summed E-state index contributed by atoms with van der Waals surface area (Å²) in [4.78, 5) is 5.48. The van der Waals surface area contributed by atoms with E-state index in [1.807, 2.05) is 11.3 Å². The minimum absolute atomic E-state index is 0.0277. The summed E-state index contributed by atoms with van der Waals surface area (Å²) >= 11 is 1.99. The lowest BCUT2D eigenvalue weighted by Crippen LogP contribution is -2.62. The van der Waals surface area contributed by atoms with E-state index in [1.54, 1.807) is 0 Å². The quantitative estimate of drug-likeness (QED) is 0.162. The van der Waals surface area contributed by atoms with Gasteiger partial charge in [-0.3, -0.25) is 0 Å². The number of thiophene rings is 1. The monoisotopic (exact) mass is 912 g/mol. The minimum atomic E-state index is -0.0845. The first kappa shape index (κ1) is 42.7. The van der Waals surface area contributed by atoms with E-state index < -0.39 is 0 Å². The fourth-order valence-electron chi connectivity index (χ4n) is 13.0. The fourth-order valence-corrected chi connectivity index (χ4v) is 14.3. The van der Waals surface area contributed by atoms with Crippen molar-refractivity contribution in [2.45, 2.75) is 110 Å². The summed E-state index contributed by atoms with van der Waals surface area (Å²) in [6, 6.07) is 60.9. The molecule has 0 fully saturated rings. The molecule has 8 aromatic carbocycles. The van der Waals surface area contributed by atoms with Gasteiger partial charge in [0.1, 0.15) is 0 Å². The molecule has 340 valence electrons. The predicted molar refractivity (Wildman–Crippen MR) is 299 cm³/mol. The molecule has 2 aliphatic carbocycles. The Morgan fingerprint density at radius 1 is 0.449 bits per heavy atom. The first-order valence-corrected chi connectivity index (χ1v) is 26.2. The van der Waals surface area contributed by atoms with Crippen molar-refractivity contribution in [3.05, 3.63) is 186 Å². The number of benzene rings is 8. The van der Waals surface area contributed by atoms with E-state index in [1.165, 1.54) is 134 Å². The van der Waals surface area contributed by atoms with Gasteiger partial charge in [0.2, 0.25) is 0 Å². The second-order valence-electron chi connectivity index (χ2n) is 23.5. The number of aryl methyl sites for hydroxylation is 1. The van der Waals surface area contributed by atoms with Crippen LogP contribution < -0.4 is 20.6 Å². The third-order valence-corrected chi connectivity index (χ3v) is 18.5. The van der Waals surface area contributed by atoms with Gasteiger partial charge in [0.25, 0.3) is 0 Å². The van der Waals surface area contributed by atoms with Gasteiger partial charge < -0.3 is 9.71 Å². The fraction of sp³-hybridized carbons (Fsp3) is 0.262. The molecule has 0 spiro atoms. The third kappa shape index (κ3) is 6.36. The van der Waals surface area contributed by atoms with Gasteiger partial charge in [0, 0.05) is 59.7 Å². The van der Waals surface area contributed by atoms with Gasteiger partial charge in [-0.05, 0) is 170 Å². The topological polar surface area (TPSA) is 6.48 Å². The number of anilines is 5. The number of hydrogen-bond donors (Lipinski definition) is 0. The van der Waals surface area contributed by atoms with Crippen molar-refractivity contribution in [3.63, 3.8) is 0 Å². The van der Waals surface area contributed by atoms with Crippen molar-refractivity contribution in [2.24, 2.45) is 0 Å². The molecule has 9 aromatic rings. The lowest BCUT2D eigenvalue weighted by atomic mass is 9.42. The highest BCUT2D eigenvalue weighted by Gasteiger charge is 2.50. The summed E-state index contributed by atoms with van der Waals surface area (Å²) in [5.74, 6) is 0. The Labute approximate surface area is 413 Å². The van der Waals surface area contributed by atoms with Crippen LogP contribution in [0, 0.1) is 6.92 Å². The molecule has 2 aliphatic heterocycles. The van der Waals surface area contributed by atoms with Crippen molar-refractivity contribution in [3.8, 4) is 33.4 Å². The van der Waals surface area contributed by atoms with E-state index >= 15 is 0 Å². The van der Waals surface area contributed by atoms with E-state index in [2.05, 4.69) is 230 Å². The Balaban J connectivity index is 1.19. The molecular formula is C65H61BN2S. The molecule has 3 heterocycles. The zero-order valence-electron chi connectivity index (χ0n) is 41.7. The van der Waals surface area contributed by atoms with E-state index in [0.717, 1.165) is 12.8 Å². The van der Waals surface area contributed by atoms with Gasteiger partial charge in [-0.15, -0.1) is 11.3 Å². The Kier molecular flexibility index (Phi) is 9.18. The lowest BCUT2D eigenvalue weighted by molar-refractivity contribution is 0.332. The Bertz CT molecular complexity index is 3580. The van der Waals surface area contributed by atoms with E-state index in [-0.39, 0.29) is 28.5 Å². The summed E-state index contributed by atoms with van der Waals surface area (Å²) in [5, 5.41) is 2.68. The molecule has 0 radical (unpaired) electrons. The largest absolute Gasteiger partial charge is 0.376 e. The van der Waals surface area contributed by atoms with Gasteiger partial charge in [-0.25, -0.2) is 0 Å². The Morgan fingerprint density at radius 3 is 1.59 bits per heavy atom. The first-order valence-electron chi connectivity index (χ1n) is 25.4. The molecule has 4 aliphatic rings. The van der Waals surface area contributed by atoms with Crippen LogP contribution in [0.3, 0.4) is 0 Å². The van der Waals surface area contributed by atoms with Gasteiger partial charge in [-0.2, -0.15) is 0 Å². The van der Waals surface area contributed by atoms with Crippen LogP contribution in [0.4, 0.5) is 28.4 Å². The van der Waals surface area contributed by atoms with Crippen LogP contribution in [-0.4, -0.2) is 6.85 Å². The normalized spacial score (nSPS) is 17.8.